The molecule has 0 bridgehead atoms. The minimum Gasteiger partial charge on any atom is -0.475 e. The Morgan fingerprint density at radius 2 is 2.02 bits per heavy atom. The van der Waals surface area contributed by atoms with Crippen LogP contribution in [-0.4, -0.2) is 83.3 Å². The molecule has 3 aliphatic rings. The Hall–Kier alpha value is -4.04. The van der Waals surface area contributed by atoms with Gasteiger partial charge in [-0.2, -0.15) is 9.97 Å². The maximum Gasteiger partial charge on any atom is 0.319 e. The van der Waals surface area contributed by atoms with Crippen molar-refractivity contribution in [2.24, 2.45) is 0 Å². The highest BCUT2D eigenvalue weighted by Gasteiger charge is 2.49. The van der Waals surface area contributed by atoms with Crippen molar-refractivity contribution in [2.75, 3.05) is 37.7 Å². The van der Waals surface area contributed by atoms with Crippen molar-refractivity contribution in [3.63, 3.8) is 0 Å². The SMILES string of the molecule is C[C@H]1COc2nc(-c3cc(OC=O)cc4ccc(F)c(Cl)c34)c(F)c3nc(OC[C@@]45CCCN4C[C@H](F)C5)nc(c23)N1CC(F)F. The smallest absolute Gasteiger partial charge is 0.319 e. The van der Waals surface area contributed by atoms with E-state index in [1.807, 2.05) is 4.90 Å². The molecule has 4 aromatic rings. The number of carbonyl (C=O) groups is 1. The van der Waals surface area contributed by atoms with Crippen LogP contribution in [-0.2, 0) is 4.79 Å². The van der Waals surface area contributed by atoms with Crippen molar-refractivity contribution < 1.29 is 41.0 Å². The van der Waals surface area contributed by atoms with E-state index < -0.39 is 42.4 Å². The van der Waals surface area contributed by atoms with Gasteiger partial charge in [0, 0.05) is 23.9 Å². The molecule has 7 rings (SSSR count). The number of hydrogen-bond donors (Lipinski definition) is 0. The molecule has 2 saturated heterocycles. The van der Waals surface area contributed by atoms with E-state index in [2.05, 4.69) is 15.0 Å². The van der Waals surface area contributed by atoms with Crippen molar-refractivity contribution in [2.45, 2.75) is 50.4 Å². The molecule has 2 aromatic heterocycles. The van der Waals surface area contributed by atoms with Crippen LogP contribution < -0.4 is 19.1 Å². The summed E-state index contributed by atoms with van der Waals surface area (Å²) in [6.45, 7) is 1.96. The first-order valence-electron chi connectivity index (χ1n) is 14.7. The number of aromatic nitrogens is 3. The number of halogens is 6. The quantitative estimate of drug-likeness (QED) is 0.163. The lowest BCUT2D eigenvalue weighted by molar-refractivity contribution is -0.120. The summed E-state index contributed by atoms with van der Waals surface area (Å²) < 4.78 is 90.6. The Bertz CT molecular complexity index is 1870. The van der Waals surface area contributed by atoms with E-state index in [1.165, 1.54) is 23.1 Å². The molecule has 0 saturated carbocycles. The number of anilines is 1. The molecular formula is C31H27ClF5N5O4. The van der Waals surface area contributed by atoms with Gasteiger partial charge >= 0.3 is 6.01 Å². The second kappa shape index (κ2) is 11.6. The van der Waals surface area contributed by atoms with Gasteiger partial charge in [0.05, 0.1) is 23.1 Å². The third kappa shape index (κ3) is 5.11. The van der Waals surface area contributed by atoms with Crippen LogP contribution in [0, 0.1) is 11.6 Å². The highest BCUT2D eigenvalue weighted by molar-refractivity contribution is 6.37. The number of ether oxygens (including phenoxy) is 3. The standard InChI is InChI=1S/C31H27ClF5N5O4/c1-15-12-44-29-23-27(25(37)26(38-29)19-8-18(46-14-43)7-16-3-4-20(34)24(32)22(16)19)39-30(40-28(23)42(15)11-21(35)36)45-13-31-5-2-6-41(31)10-17(33)9-31/h3-4,7-8,14-15,17,21H,2,5-6,9-13H2,1H3/t15-,17+,31-/m0/s1. The van der Waals surface area contributed by atoms with E-state index in [9.17, 15) is 22.4 Å². The van der Waals surface area contributed by atoms with Gasteiger partial charge < -0.3 is 19.1 Å². The van der Waals surface area contributed by atoms with E-state index in [0.717, 1.165) is 12.5 Å². The van der Waals surface area contributed by atoms with E-state index in [-0.39, 0.29) is 88.7 Å². The number of pyridine rings is 1. The lowest BCUT2D eigenvalue weighted by Crippen LogP contribution is -2.43. The summed E-state index contributed by atoms with van der Waals surface area (Å²) in [5.74, 6) is -2.04. The minimum atomic E-state index is -2.77. The predicted octanol–water partition coefficient (Wildman–Crippen LogP) is 6.12. The molecule has 15 heteroatoms. The summed E-state index contributed by atoms with van der Waals surface area (Å²) in [6.07, 6.45) is -2.00. The maximum absolute atomic E-state index is 16.8. The summed E-state index contributed by atoms with van der Waals surface area (Å²) in [7, 11) is 0. The van der Waals surface area contributed by atoms with Gasteiger partial charge in [0.15, 0.2) is 5.82 Å². The van der Waals surface area contributed by atoms with Gasteiger partial charge in [0.2, 0.25) is 5.88 Å². The van der Waals surface area contributed by atoms with Crippen LogP contribution in [0.3, 0.4) is 0 Å². The van der Waals surface area contributed by atoms with Crippen molar-refractivity contribution in [3.8, 4) is 28.9 Å². The van der Waals surface area contributed by atoms with Crippen molar-refractivity contribution in [1.82, 2.24) is 19.9 Å². The Morgan fingerprint density at radius 3 is 2.80 bits per heavy atom. The Balaban J connectivity index is 1.44. The van der Waals surface area contributed by atoms with Gasteiger partial charge in [-0.15, -0.1) is 0 Å². The lowest BCUT2D eigenvalue weighted by Gasteiger charge is -2.31. The number of fused-ring (bicyclic) bond motifs is 2. The van der Waals surface area contributed by atoms with E-state index in [0.29, 0.717) is 18.4 Å². The zero-order valence-electron chi connectivity index (χ0n) is 24.4. The molecule has 0 radical (unpaired) electrons. The Morgan fingerprint density at radius 1 is 1.20 bits per heavy atom. The topological polar surface area (TPSA) is 89.9 Å². The predicted molar refractivity (Wildman–Crippen MR) is 159 cm³/mol. The molecule has 0 unspecified atom stereocenters. The maximum atomic E-state index is 16.8. The second-order valence-corrected chi connectivity index (χ2v) is 12.2. The molecule has 3 atom stereocenters. The summed E-state index contributed by atoms with van der Waals surface area (Å²) in [6, 6.07) is 4.25. The van der Waals surface area contributed by atoms with Crippen LogP contribution in [0.15, 0.2) is 24.3 Å². The molecular weight excluding hydrogens is 637 g/mol. The van der Waals surface area contributed by atoms with Gasteiger partial charge in [-0.25, -0.2) is 26.9 Å². The Labute approximate surface area is 264 Å². The molecule has 0 N–H and O–H groups in total. The molecule has 0 amide bonds. The highest BCUT2D eigenvalue weighted by Crippen LogP contribution is 2.45. The second-order valence-electron chi connectivity index (χ2n) is 11.8. The summed E-state index contributed by atoms with van der Waals surface area (Å²) in [4.78, 5) is 27.7. The van der Waals surface area contributed by atoms with Gasteiger partial charge in [0.25, 0.3) is 12.9 Å². The number of benzene rings is 2. The first-order valence-corrected chi connectivity index (χ1v) is 15.1. The summed E-state index contributed by atoms with van der Waals surface area (Å²) >= 11 is 6.37. The molecule has 2 fully saturated rings. The first kappa shape index (κ1) is 30.6. The Kier molecular flexibility index (Phi) is 7.74. The molecule has 0 aliphatic carbocycles. The van der Waals surface area contributed by atoms with Crippen LogP contribution in [0.1, 0.15) is 26.2 Å². The molecule has 46 heavy (non-hydrogen) atoms. The average Bonchev–Trinajstić information content (AvgIpc) is 3.51. The number of carbonyl (C=O) groups excluding carboxylic acids is 1. The largest absolute Gasteiger partial charge is 0.475 e. The zero-order valence-corrected chi connectivity index (χ0v) is 25.2. The van der Waals surface area contributed by atoms with Crippen molar-refractivity contribution in [3.05, 3.63) is 40.9 Å². The van der Waals surface area contributed by atoms with Crippen LogP contribution in [0.25, 0.3) is 32.9 Å². The van der Waals surface area contributed by atoms with Crippen LogP contribution in [0.5, 0.6) is 17.6 Å². The van der Waals surface area contributed by atoms with Crippen molar-refractivity contribution in [1.29, 1.82) is 0 Å². The van der Waals surface area contributed by atoms with E-state index >= 15 is 4.39 Å². The van der Waals surface area contributed by atoms with Gasteiger partial charge in [-0.1, -0.05) is 17.7 Å². The first-order chi connectivity index (χ1) is 22.1. The summed E-state index contributed by atoms with van der Waals surface area (Å²) in [5.41, 5.74) is -1.36. The lowest BCUT2D eigenvalue weighted by atomic mass is 9.95. The van der Waals surface area contributed by atoms with Crippen LogP contribution in [0.2, 0.25) is 5.02 Å². The summed E-state index contributed by atoms with van der Waals surface area (Å²) in [5, 5.41) is 0.00438. The molecule has 0 spiro atoms. The van der Waals surface area contributed by atoms with Gasteiger partial charge in [-0.05, 0) is 49.9 Å². The van der Waals surface area contributed by atoms with Gasteiger partial charge in [-0.3, -0.25) is 9.69 Å². The third-order valence-corrected chi connectivity index (χ3v) is 9.33. The number of rotatable bonds is 8. The number of alkyl halides is 3. The van der Waals surface area contributed by atoms with E-state index in [1.54, 1.807) is 6.92 Å². The number of hydrogen-bond acceptors (Lipinski definition) is 9. The van der Waals surface area contributed by atoms with Gasteiger partial charge in [0.1, 0.15) is 53.4 Å². The average molecular weight is 664 g/mol. The molecule has 2 aromatic carbocycles. The third-order valence-electron chi connectivity index (χ3n) is 8.96. The monoisotopic (exact) mass is 663 g/mol. The fourth-order valence-electron chi connectivity index (χ4n) is 6.90. The highest BCUT2D eigenvalue weighted by atomic mass is 35.5. The zero-order chi connectivity index (χ0) is 32.3. The molecule has 3 aliphatic heterocycles. The van der Waals surface area contributed by atoms with Crippen molar-refractivity contribution >= 4 is 45.6 Å². The minimum absolute atomic E-state index is 0.000455. The molecule has 242 valence electrons. The van der Waals surface area contributed by atoms with E-state index in [4.69, 9.17) is 25.8 Å². The van der Waals surface area contributed by atoms with Crippen LogP contribution >= 0.6 is 11.6 Å². The normalized spacial score (nSPS) is 22.7. The van der Waals surface area contributed by atoms with Crippen LogP contribution in [0.4, 0.5) is 27.8 Å². The number of nitrogens with zero attached hydrogens (tertiary/aromatic N) is 5. The molecule has 9 nitrogen and oxygen atoms in total. The fraction of sp³-hybridized carbons (Fsp3) is 0.419. The molecule has 5 heterocycles. The fourth-order valence-corrected chi connectivity index (χ4v) is 7.17.